The van der Waals surface area contributed by atoms with Crippen LogP contribution in [0.15, 0.2) is 6.33 Å². The number of aliphatic hydroxyl groups is 1. The van der Waals surface area contributed by atoms with E-state index < -0.39 is 0 Å². The number of anilines is 2. The van der Waals surface area contributed by atoms with Crippen molar-refractivity contribution >= 4 is 11.6 Å². The van der Waals surface area contributed by atoms with E-state index in [-0.39, 0.29) is 12.1 Å². The second-order valence-corrected chi connectivity index (χ2v) is 4.00. The highest BCUT2D eigenvalue weighted by Gasteiger charge is 2.26. The SMILES string of the molecule is CCC(CC)(CO)Nc1ncnc(N)c1C. The molecule has 16 heavy (non-hydrogen) atoms. The molecule has 0 aliphatic rings. The molecular weight excluding hydrogens is 204 g/mol. The van der Waals surface area contributed by atoms with Gasteiger partial charge in [0.2, 0.25) is 0 Å². The lowest BCUT2D eigenvalue weighted by Crippen LogP contribution is -2.41. The summed E-state index contributed by atoms with van der Waals surface area (Å²) in [7, 11) is 0. The van der Waals surface area contributed by atoms with Gasteiger partial charge in [0.05, 0.1) is 12.1 Å². The lowest BCUT2D eigenvalue weighted by molar-refractivity contribution is 0.202. The highest BCUT2D eigenvalue weighted by atomic mass is 16.3. The second-order valence-electron chi connectivity index (χ2n) is 4.00. The van der Waals surface area contributed by atoms with E-state index in [4.69, 9.17) is 5.73 Å². The molecule has 0 fully saturated rings. The fourth-order valence-electron chi connectivity index (χ4n) is 1.53. The number of aromatic nitrogens is 2. The van der Waals surface area contributed by atoms with Gasteiger partial charge in [0.15, 0.2) is 0 Å². The number of hydrogen-bond acceptors (Lipinski definition) is 5. The summed E-state index contributed by atoms with van der Waals surface area (Å²) in [6.45, 7) is 6.01. The zero-order chi connectivity index (χ0) is 12.2. The first kappa shape index (κ1) is 12.7. The van der Waals surface area contributed by atoms with Crippen LogP contribution < -0.4 is 11.1 Å². The van der Waals surface area contributed by atoms with Crippen molar-refractivity contribution in [2.45, 2.75) is 39.2 Å². The molecule has 0 saturated carbocycles. The summed E-state index contributed by atoms with van der Waals surface area (Å²) in [5, 5.41) is 12.7. The summed E-state index contributed by atoms with van der Waals surface area (Å²) in [5.41, 5.74) is 6.20. The Morgan fingerprint density at radius 2 is 2.00 bits per heavy atom. The Hall–Kier alpha value is -1.36. The van der Waals surface area contributed by atoms with Crippen molar-refractivity contribution in [2.75, 3.05) is 17.7 Å². The number of nitrogens with two attached hydrogens (primary N) is 1. The summed E-state index contributed by atoms with van der Waals surface area (Å²) in [6, 6.07) is 0. The third-order valence-corrected chi connectivity index (χ3v) is 3.16. The Morgan fingerprint density at radius 3 is 2.50 bits per heavy atom. The zero-order valence-electron chi connectivity index (χ0n) is 10.1. The topological polar surface area (TPSA) is 84.1 Å². The molecule has 1 rings (SSSR count). The average Bonchev–Trinajstić information content (AvgIpc) is 2.32. The van der Waals surface area contributed by atoms with Crippen LogP contribution in [0.2, 0.25) is 0 Å². The Balaban J connectivity index is 2.98. The summed E-state index contributed by atoms with van der Waals surface area (Å²) >= 11 is 0. The van der Waals surface area contributed by atoms with Gasteiger partial charge >= 0.3 is 0 Å². The maximum absolute atomic E-state index is 9.46. The van der Waals surface area contributed by atoms with Crippen LogP contribution >= 0.6 is 0 Å². The van der Waals surface area contributed by atoms with Gasteiger partial charge in [-0.25, -0.2) is 9.97 Å². The van der Waals surface area contributed by atoms with Crippen molar-refractivity contribution in [1.29, 1.82) is 0 Å². The molecule has 0 amide bonds. The number of hydrogen-bond donors (Lipinski definition) is 3. The minimum Gasteiger partial charge on any atom is -0.394 e. The second kappa shape index (κ2) is 5.12. The molecule has 1 heterocycles. The molecule has 4 N–H and O–H groups in total. The van der Waals surface area contributed by atoms with Gasteiger partial charge in [-0.05, 0) is 19.8 Å². The molecule has 0 bridgehead atoms. The Labute approximate surface area is 96.1 Å². The van der Waals surface area contributed by atoms with Crippen LogP contribution in [0.5, 0.6) is 0 Å². The molecule has 0 unspecified atom stereocenters. The Bertz CT molecular complexity index is 342. The van der Waals surface area contributed by atoms with Gasteiger partial charge in [0, 0.05) is 5.56 Å². The molecule has 0 atom stereocenters. The van der Waals surface area contributed by atoms with E-state index in [0.717, 1.165) is 18.4 Å². The van der Waals surface area contributed by atoms with Gasteiger partial charge in [0.25, 0.3) is 0 Å². The molecule has 5 nitrogen and oxygen atoms in total. The van der Waals surface area contributed by atoms with Crippen molar-refractivity contribution in [3.8, 4) is 0 Å². The van der Waals surface area contributed by atoms with E-state index in [1.165, 1.54) is 6.33 Å². The van der Waals surface area contributed by atoms with Crippen molar-refractivity contribution in [3.63, 3.8) is 0 Å². The zero-order valence-corrected chi connectivity index (χ0v) is 10.1. The van der Waals surface area contributed by atoms with Gasteiger partial charge < -0.3 is 16.2 Å². The molecule has 0 saturated heterocycles. The first-order valence-electron chi connectivity index (χ1n) is 5.54. The fraction of sp³-hybridized carbons (Fsp3) is 0.636. The molecule has 0 spiro atoms. The van der Waals surface area contributed by atoms with E-state index in [9.17, 15) is 5.11 Å². The number of nitrogens with zero attached hydrogens (tertiary/aromatic N) is 2. The number of nitrogen functional groups attached to an aromatic ring is 1. The van der Waals surface area contributed by atoms with Crippen molar-refractivity contribution in [3.05, 3.63) is 11.9 Å². The van der Waals surface area contributed by atoms with Crippen LogP contribution in [0.1, 0.15) is 32.3 Å². The fourth-order valence-corrected chi connectivity index (χ4v) is 1.53. The van der Waals surface area contributed by atoms with Crippen molar-refractivity contribution in [1.82, 2.24) is 9.97 Å². The molecule has 0 radical (unpaired) electrons. The lowest BCUT2D eigenvalue weighted by Gasteiger charge is -2.31. The van der Waals surface area contributed by atoms with Crippen molar-refractivity contribution in [2.24, 2.45) is 0 Å². The first-order valence-corrected chi connectivity index (χ1v) is 5.54. The van der Waals surface area contributed by atoms with Crippen LogP contribution in [-0.2, 0) is 0 Å². The third-order valence-electron chi connectivity index (χ3n) is 3.16. The molecule has 5 heteroatoms. The predicted octanol–water partition coefficient (Wildman–Crippen LogP) is 1.33. The van der Waals surface area contributed by atoms with Gasteiger partial charge in [-0.15, -0.1) is 0 Å². The maximum atomic E-state index is 9.46. The summed E-state index contributed by atoms with van der Waals surface area (Å²) < 4.78 is 0. The van der Waals surface area contributed by atoms with E-state index in [1.807, 2.05) is 20.8 Å². The molecule has 1 aromatic rings. The number of nitrogens with one attached hydrogen (secondary N) is 1. The molecule has 0 aliphatic heterocycles. The smallest absolute Gasteiger partial charge is 0.134 e. The summed E-state index contributed by atoms with van der Waals surface area (Å²) in [4.78, 5) is 8.07. The van der Waals surface area contributed by atoms with Crippen molar-refractivity contribution < 1.29 is 5.11 Å². The van der Waals surface area contributed by atoms with Gasteiger partial charge in [-0.3, -0.25) is 0 Å². The first-order chi connectivity index (χ1) is 7.58. The van der Waals surface area contributed by atoms with Crippen LogP contribution in [-0.4, -0.2) is 27.2 Å². The van der Waals surface area contributed by atoms with Crippen LogP contribution in [0.25, 0.3) is 0 Å². The van der Waals surface area contributed by atoms with Crippen LogP contribution in [0.3, 0.4) is 0 Å². The summed E-state index contributed by atoms with van der Waals surface area (Å²) in [6.07, 6.45) is 3.07. The summed E-state index contributed by atoms with van der Waals surface area (Å²) in [5.74, 6) is 1.17. The molecule has 0 aromatic carbocycles. The van der Waals surface area contributed by atoms with Gasteiger partial charge in [-0.2, -0.15) is 0 Å². The highest BCUT2D eigenvalue weighted by molar-refractivity contribution is 5.55. The largest absolute Gasteiger partial charge is 0.394 e. The molecule has 90 valence electrons. The molecule has 1 aromatic heterocycles. The van der Waals surface area contributed by atoms with E-state index >= 15 is 0 Å². The minimum atomic E-state index is -0.328. The van der Waals surface area contributed by atoms with Gasteiger partial charge in [0.1, 0.15) is 18.0 Å². The maximum Gasteiger partial charge on any atom is 0.134 e. The average molecular weight is 224 g/mol. The highest BCUT2D eigenvalue weighted by Crippen LogP contribution is 2.24. The quantitative estimate of drug-likeness (QED) is 0.702. The molecular formula is C11H20N4O. The third kappa shape index (κ3) is 2.41. The van der Waals surface area contributed by atoms with E-state index in [1.54, 1.807) is 0 Å². The minimum absolute atomic E-state index is 0.0728. The lowest BCUT2D eigenvalue weighted by atomic mass is 9.93. The normalized spacial score (nSPS) is 11.5. The standard InChI is InChI=1S/C11H20N4O/c1-4-11(5-2,6-16)15-10-8(3)9(12)13-7-14-10/h7,16H,4-6H2,1-3H3,(H3,12,13,14,15). The Morgan fingerprint density at radius 1 is 1.38 bits per heavy atom. The van der Waals surface area contributed by atoms with E-state index in [2.05, 4.69) is 15.3 Å². The Kier molecular flexibility index (Phi) is 4.06. The number of rotatable bonds is 5. The monoisotopic (exact) mass is 224 g/mol. The van der Waals surface area contributed by atoms with Crippen LogP contribution in [0.4, 0.5) is 11.6 Å². The van der Waals surface area contributed by atoms with Gasteiger partial charge in [-0.1, -0.05) is 13.8 Å². The number of aliphatic hydroxyl groups excluding tert-OH is 1. The van der Waals surface area contributed by atoms with Crippen LogP contribution in [0, 0.1) is 6.92 Å². The predicted molar refractivity (Wildman–Crippen MR) is 65.2 cm³/mol. The van der Waals surface area contributed by atoms with E-state index in [0.29, 0.717) is 11.6 Å². The molecule has 0 aliphatic carbocycles.